The first-order chi connectivity index (χ1) is 11.6. The summed E-state index contributed by atoms with van der Waals surface area (Å²) in [7, 11) is 3.89. The van der Waals surface area contributed by atoms with E-state index in [1.165, 1.54) is 11.3 Å². The van der Waals surface area contributed by atoms with Crippen molar-refractivity contribution < 1.29 is 14.0 Å². The summed E-state index contributed by atoms with van der Waals surface area (Å²) < 4.78 is 5.41. The summed E-state index contributed by atoms with van der Waals surface area (Å²) in [5.41, 5.74) is 0. The summed E-state index contributed by atoms with van der Waals surface area (Å²) in [5.74, 6) is 0.707. The van der Waals surface area contributed by atoms with Crippen LogP contribution in [0.4, 0.5) is 0 Å². The van der Waals surface area contributed by atoms with Crippen molar-refractivity contribution in [2.45, 2.75) is 18.9 Å². The van der Waals surface area contributed by atoms with Crippen LogP contribution in [0.15, 0.2) is 40.3 Å². The predicted molar refractivity (Wildman–Crippen MR) is 94.0 cm³/mol. The first-order valence-corrected chi connectivity index (χ1v) is 8.74. The number of rotatable bonds is 9. The second-order valence-electron chi connectivity index (χ2n) is 5.64. The smallest absolute Gasteiger partial charge is 0.261 e. The molecule has 0 saturated carbocycles. The second kappa shape index (κ2) is 9.24. The maximum Gasteiger partial charge on any atom is 0.261 e. The van der Waals surface area contributed by atoms with Crippen LogP contribution in [0.1, 0.15) is 34.3 Å². The zero-order valence-electron chi connectivity index (χ0n) is 14.0. The number of nitrogens with one attached hydrogen (secondary N) is 2. The molecule has 0 radical (unpaired) electrons. The monoisotopic (exact) mass is 349 g/mol. The first kappa shape index (κ1) is 18.2. The lowest BCUT2D eigenvalue weighted by Gasteiger charge is -2.22. The van der Waals surface area contributed by atoms with Crippen molar-refractivity contribution in [3.8, 4) is 0 Å². The Hall–Kier alpha value is -2.12. The molecule has 2 amide bonds. The third-order valence-corrected chi connectivity index (χ3v) is 4.47. The van der Waals surface area contributed by atoms with Crippen LogP contribution in [0.2, 0.25) is 0 Å². The average molecular weight is 349 g/mol. The van der Waals surface area contributed by atoms with Gasteiger partial charge in [0.05, 0.1) is 17.2 Å². The highest BCUT2D eigenvalue weighted by Gasteiger charge is 2.17. The fraction of sp³-hybridized carbons (Fsp3) is 0.412. The molecule has 0 saturated heterocycles. The Kier molecular flexibility index (Phi) is 7.02. The minimum Gasteiger partial charge on any atom is -0.468 e. The van der Waals surface area contributed by atoms with E-state index >= 15 is 0 Å². The Morgan fingerprint density at radius 2 is 2.08 bits per heavy atom. The molecule has 2 heterocycles. The normalized spacial score (nSPS) is 12.1. The van der Waals surface area contributed by atoms with Crippen molar-refractivity contribution in [3.05, 3.63) is 46.5 Å². The maximum atomic E-state index is 11.9. The zero-order valence-corrected chi connectivity index (χ0v) is 14.8. The fourth-order valence-corrected chi connectivity index (χ4v) is 2.90. The molecule has 6 nitrogen and oxygen atoms in total. The summed E-state index contributed by atoms with van der Waals surface area (Å²) in [5, 5.41) is 7.59. The zero-order chi connectivity index (χ0) is 17.4. The topological polar surface area (TPSA) is 74.6 Å². The SMILES string of the molecule is CN(C)C(CNC(=O)CCCNC(=O)c1cccs1)c1ccco1. The number of nitrogens with zero attached hydrogens (tertiary/aromatic N) is 1. The summed E-state index contributed by atoms with van der Waals surface area (Å²) in [6.45, 7) is 0.973. The van der Waals surface area contributed by atoms with Gasteiger partial charge in [0.1, 0.15) is 5.76 Å². The van der Waals surface area contributed by atoms with Gasteiger partial charge in [-0.2, -0.15) is 0 Å². The number of carbonyl (C=O) groups excluding carboxylic acids is 2. The molecule has 0 aliphatic rings. The second-order valence-corrected chi connectivity index (χ2v) is 6.58. The molecule has 7 heteroatoms. The van der Waals surface area contributed by atoms with Crippen molar-refractivity contribution in [1.29, 1.82) is 0 Å². The van der Waals surface area contributed by atoms with Crippen molar-refractivity contribution in [2.24, 2.45) is 0 Å². The van der Waals surface area contributed by atoms with Gasteiger partial charge in [0.2, 0.25) is 5.91 Å². The minimum absolute atomic E-state index is 0.00230. The molecule has 0 spiro atoms. The molecule has 0 aliphatic heterocycles. The molecule has 2 aromatic rings. The number of furan rings is 1. The third-order valence-electron chi connectivity index (χ3n) is 3.60. The van der Waals surface area contributed by atoms with Gasteiger partial charge in [-0.1, -0.05) is 6.07 Å². The van der Waals surface area contributed by atoms with E-state index in [-0.39, 0.29) is 17.9 Å². The van der Waals surface area contributed by atoms with Crippen molar-refractivity contribution in [2.75, 3.05) is 27.2 Å². The number of thiophene rings is 1. The fourth-order valence-electron chi connectivity index (χ4n) is 2.26. The van der Waals surface area contributed by atoms with E-state index in [4.69, 9.17) is 4.42 Å². The average Bonchev–Trinajstić information content (AvgIpc) is 3.24. The Morgan fingerprint density at radius 1 is 1.25 bits per heavy atom. The Labute approximate surface area is 145 Å². The van der Waals surface area contributed by atoms with E-state index < -0.39 is 0 Å². The number of likely N-dealkylation sites (N-methyl/N-ethyl adjacent to an activating group) is 1. The molecule has 0 fully saturated rings. The van der Waals surface area contributed by atoms with Crippen LogP contribution in [-0.2, 0) is 4.79 Å². The first-order valence-electron chi connectivity index (χ1n) is 7.86. The van der Waals surface area contributed by atoms with E-state index in [9.17, 15) is 9.59 Å². The maximum absolute atomic E-state index is 11.9. The van der Waals surface area contributed by atoms with Crippen molar-refractivity contribution in [1.82, 2.24) is 15.5 Å². The van der Waals surface area contributed by atoms with Crippen LogP contribution >= 0.6 is 11.3 Å². The molecule has 2 N–H and O–H groups in total. The highest BCUT2D eigenvalue weighted by Crippen LogP contribution is 2.17. The van der Waals surface area contributed by atoms with E-state index in [1.807, 2.05) is 42.6 Å². The molecule has 0 aromatic carbocycles. The molecule has 2 rings (SSSR count). The lowest BCUT2D eigenvalue weighted by atomic mass is 10.2. The van der Waals surface area contributed by atoms with Gasteiger partial charge >= 0.3 is 0 Å². The van der Waals surface area contributed by atoms with Gasteiger partial charge in [-0.25, -0.2) is 0 Å². The molecule has 24 heavy (non-hydrogen) atoms. The van der Waals surface area contributed by atoms with Gasteiger partial charge in [-0.3, -0.25) is 14.5 Å². The van der Waals surface area contributed by atoms with Crippen LogP contribution in [0.3, 0.4) is 0 Å². The third kappa shape index (κ3) is 5.50. The molecule has 1 unspecified atom stereocenters. The van der Waals surface area contributed by atoms with Crippen LogP contribution < -0.4 is 10.6 Å². The molecule has 0 bridgehead atoms. The number of hydrogen-bond donors (Lipinski definition) is 2. The number of hydrogen-bond acceptors (Lipinski definition) is 5. The summed E-state index contributed by atoms with van der Waals surface area (Å²) in [4.78, 5) is 26.4. The summed E-state index contributed by atoms with van der Waals surface area (Å²) in [6.07, 6.45) is 2.61. The van der Waals surface area contributed by atoms with Crippen LogP contribution in [0.25, 0.3) is 0 Å². The standard InChI is InChI=1S/C17H23N3O3S/c1-20(2)13(14-6-4-10-23-14)12-19-16(21)8-3-9-18-17(22)15-7-5-11-24-15/h4-7,10-11,13H,3,8-9,12H2,1-2H3,(H,18,22)(H,19,21). The van der Waals surface area contributed by atoms with Gasteiger partial charge in [0.15, 0.2) is 0 Å². The van der Waals surface area contributed by atoms with Gasteiger partial charge in [-0.15, -0.1) is 11.3 Å². The van der Waals surface area contributed by atoms with Crippen LogP contribution in [-0.4, -0.2) is 43.9 Å². The van der Waals surface area contributed by atoms with E-state index in [2.05, 4.69) is 10.6 Å². The lowest BCUT2D eigenvalue weighted by Crippen LogP contribution is -2.34. The number of carbonyl (C=O) groups is 2. The van der Waals surface area contributed by atoms with E-state index in [0.717, 1.165) is 5.76 Å². The molecule has 1 atom stereocenters. The van der Waals surface area contributed by atoms with E-state index in [1.54, 1.807) is 12.3 Å². The number of amides is 2. The Balaban J connectivity index is 1.65. The molecule has 2 aromatic heterocycles. The van der Waals surface area contributed by atoms with Gasteiger partial charge in [0, 0.05) is 19.5 Å². The summed E-state index contributed by atoms with van der Waals surface area (Å²) >= 11 is 1.40. The van der Waals surface area contributed by atoms with Gasteiger partial charge in [-0.05, 0) is 44.1 Å². The Bertz CT molecular complexity index is 624. The van der Waals surface area contributed by atoms with Crippen LogP contribution in [0.5, 0.6) is 0 Å². The largest absolute Gasteiger partial charge is 0.468 e. The molecule has 0 aliphatic carbocycles. The summed E-state index contributed by atoms with van der Waals surface area (Å²) in [6, 6.07) is 7.36. The molecular weight excluding hydrogens is 326 g/mol. The highest BCUT2D eigenvalue weighted by molar-refractivity contribution is 7.12. The van der Waals surface area contributed by atoms with Crippen molar-refractivity contribution in [3.63, 3.8) is 0 Å². The van der Waals surface area contributed by atoms with E-state index in [0.29, 0.717) is 30.8 Å². The van der Waals surface area contributed by atoms with Crippen LogP contribution in [0, 0.1) is 0 Å². The van der Waals surface area contributed by atoms with Crippen molar-refractivity contribution >= 4 is 23.2 Å². The van der Waals surface area contributed by atoms with Gasteiger partial charge < -0.3 is 15.1 Å². The van der Waals surface area contributed by atoms with Gasteiger partial charge in [0.25, 0.3) is 5.91 Å². The Morgan fingerprint density at radius 3 is 2.71 bits per heavy atom. The molecular formula is C17H23N3O3S. The predicted octanol–water partition coefficient (Wildman–Crippen LogP) is 2.27. The molecule has 130 valence electrons. The lowest BCUT2D eigenvalue weighted by molar-refractivity contribution is -0.121. The highest BCUT2D eigenvalue weighted by atomic mass is 32.1. The quantitative estimate of drug-likeness (QED) is 0.681. The minimum atomic E-state index is -0.0871.